The highest BCUT2D eigenvalue weighted by molar-refractivity contribution is 5.87. The van der Waals surface area contributed by atoms with Crippen molar-refractivity contribution in [3.8, 4) is 0 Å². The zero-order valence-electron chi connectivity index (χ0n) is 13.5. The number of hydrogen-bond acceptors (Lipinski definition) is 3. The van der Waals surface area contributed by atoms with E-state index in [1.54, 1.807) is 13.0 Å². The highest BCUT2D eigenvalue weighted by Gasteiger charge is 2.27. The Hall–Kier alpha value is -2.88. The van der Waals surface area contributed by atoms with E-state index >= 15 is 0 Å². The lowest BCUT2D eigenvalue weighted by atomic mass is 9.95. The summed E-state index contributed by atoms with van der Waals surface area (Å²) >= 11 is 0. The first-order valence-electron chi connectivity index (χ1n) is 7.76. The smallest absolute Gasteiger partial charge is 0.331 e. The first kappa shape index (κ1) is 17.5. The summed E-state index contributed by atoms with van der Waals surface area (Å²) in [7, 11) is 0. The molecule has 0 fully saturated rings. The average molecular weight is 324 g/mol. The number of benzene rings is 2. The number of ether oxygens (including phenoxy) is 1. The lowest BCUT2D eigenvalue weighted by Crippen LogP contribution is -2.31. The summed E-state index contributed by atoms with van der Waals surface area (Å²) in [5, 5.41) is 9.42. The van der Waals surface area contributed by atoms with E-state index in [4.69, 9.17) is 4.74 Å². The fourth-order valence-corrected chi connectivity index (χ4v) is 2.36. The van der Waals surface area contributed by atoms with Gasteiger partial charge in [0.2, 0.25) is 0 Å². The molecule has 0 aromatic heterocycles. The highest BCUT2D eigenvalue weighted by atomic mass is 16.5. The normalized spacial score (nSPS) is 13.4. The van der Waals surface area contributed by atoms with Crippen LogP contribution >= 0.6 is 0 Å². The second-order valence-corrected chi connectivity index (χ2v) is 5.52. The Balaban J connectivity index is 1.97. The maximum atomic E-state index is 11.9. The summed E-state index contributed by atoms with van der Waals surface area (Å²) in [5.41, 5.74) is 1.77. The summed E-state index contributed by atoms with van der Waals surface area (Å²) in [6, 6.07) is 18.7. The average Bonchev–Trinajstić information content (AvgIpc) is 2.59. The van der Waals surface area contributed by atoms with Crippen molar-refractivity contribution in [3.63, 3.8) is 0 Å². The molecule has 0 bridgehead atoms. The van der Waals surface area contributed by atoms with Gasteiger partial charge in [-0.15, -0.1) is 0 Å². The maximum absolute atomic E-state index is 11.9. The van der Waals surface area contributed by atoms with Gasteiger partial charge >= 0.3 is 11.9 Å². The predicted molar refractivity (Wildman–Crippen MR) is 92.3 cm³/mol. The third-order valence-electron chi connectivity index (χ3n) is 3.70. The van der Waals surface area contributed by atoms with Crippen molar-refractivity contribution in [1.82, 2.24) is 0 Å². The van der Waals surface area contributed by atoms with E-state index in [1.165, 1.54) is 6.08 Å². The number of carboxylic acids is 1. The Labute approximate surface area is 141 Å². The molecule has 2 unspecified atom stereocenters. The Morgan fingerprint density at radius 1 is 1.04 bits per heavy atom. The van der Waals surface area contributed by atoms with Crippen LogP contribution < -0.4 is 0 Å². The molecule has 2 aromatic carbocycles. The van der Waals surface area contributed by atoms with E-state index in [2.05, 4.69) is 0 Å². The number of carboxylic acid groups (broad SMARTS) is 1. The van der Waals surface area contributed by atoms with Crippen molar-refractivity contribution in [1.29, 1.82) is 0 Å². The van der Waals surface area contributed by atoms with Crippen molar-refractivity contribution in [3.05, 3.63) is 77.9 Å². The summed E-state index contributed by atoms with van der Waals surface area (Å²) in [6.07, 6.45) is 2.54. The van der Waals surface area contributed by atoms with E-state index in [9.17, 15) is 14.7 Å². The van der Waals surface area contributed by atoms with E-state index in [-0.39, 0.29) is 0 Å². The standard InChI is InChI=1S/C20H20O4/c1-15(18(20(22)23)14-17-10-6-3-7-11-17)24-19(21)13-12-16-8-4-2-5-9-16/h2-13,15,18H,14H2,1H3,(H,22,23). The van der Waals surface area contributed by atoms with E-state index in [1.807, 2.05) is 60.7 Å². The van der Waals surface area contributed by atoms with Crippen LogP contribution in [0.15, 0.2) is 66.7 Å². The highest BCUT2D eigenvalue weighted by Crippen LogP contribution is 2.16. The molecule has 0 aliphatic heterocycles. The molecule has 2 rings (SSSR count). The monoisotopic (exact) mass is 324 g/mol. The van der Waals surface area contributed by atoms with Gasteiger partial charge in [-0.3, -0.25) is 4.79 Å². The predicted octanol–water partition coefficient (Wildman–Crippen LogP) is 3.58. The van der Waals surface area contributed by atoms with Crippen molar-refractivity contribution >= 4 is 18.0 Å². The molecule has 2 aromatic rings. The fraction of sp³-hybridized carbons (Fsp3) is 0.200. The molecular weight excluding hydrogens is 304 g/mol. The molecule has 0 saturated heterocycles. The van der Waals surface area contributed by atoms with Gasteiger partial charge in [-0.1, -0.05) is 60.7 Å². The first-order valence-corrected chi connectivity index (χ1v) is 7.76. The van der Waals surface area contributed by atoms with Crippen LogP contribution in [-0.2, 0) is 20.7 Å². The first-order chi connectivity index (χ1) is 11.6. The van der Waals surface area contributed by atoms with E-state index < -0.39 is 24.0 Å². The second-order valence-electron chi connectivity index (χ2n) is 5.52. The van der Waals surface area contributed by atoms with Crippen molar-refractivity contribution in [2.45, 2.75) is 19.4 Å². The number of aliphatic carboxylic acids is 1. The molecule has 0 spiro atoms. The van der Waals surface area contributed by atoms with Crippen LogP contribution in [0, 0.1) is 5.92 Å². The number of carbonyl (C=O) groups excluding carboxylic acids is 1. The van der Waals surface area contributed by atoms with Gasteiger partial charge in [-0.05, 0) is 30.5 Å². The van der Waals surface area contributed by atoms with E-state index in [0.717, 1.165) is 11.1 Å². The Bertz CT molecular complexity index is 692. The van der Waals surface area contributed by atoms with Crippen molar-refractivity contribution in [2.75, 3.05) is 0 Å². The molecule has 0 amide bonds. The number of esters is 1. The summed E-state index contributed by atoms with van der Waals surface area (Å²) in [6.45, 7) is 1.61. The van der Waals surface area contributed by atoms with Crippen molar-refractivity contribution < 1.29 is 19.4 Å². The number of hydrogen-bond donors (Lipinski definition) is 1. The fourth-order valence-electron chi connectivity index (χ4n) is 2.36. The Kier molecular flexibility index (Phi) is 6.32. The molecule has 0 saturated carbocycles. The van der Waals surface area contributed by atoms with Gasteiger partial charge in [0, 0.05) is 6.08 Å². The van der Waals surface area contributed by atoms with Crippen molar-refractivity contribution in [2.24, 2.45) is 5.92 Å². The number of rotatable bonds is 7. The topological polar surface area (TPSA) is 63.6 Å². The maximum Gasteiger partial charge on any atom is 0.331 e. The number of carbonyl (C=O) groups is 2. The van der Waals surface area contributed by atoms with Gasteiger partial charge in [-0.25, -0.2) is 4.79 Å². The largest absolute Gasteiger partial charge is 0.481 e. The zero-order chi connectivity index (χ0) is 17.4. The molecule has 24 heavy (non-hydrogen) atoms. The lowest BCUT2D eigenvalue weighted by Gasteiger charge is -2.20. The van der Waals surface area contributed by atoms with Gasteiger partial charge in [-0.2, -0.15) is 0 Å². The molecule has 124 valence electrons. The lowest BCUT2D eigenvalue weighted by molar-refractivity contribution is -0.153. The molecule has 2 atom stereocenters. The third-order valence-corrected chi connectivity index (χ3v) is 3.70. The summed E-state index contributed by atoms with van der Waals surface area (Å²) in [4.78, 5) is 23.4. The molecule has 0 heterocycles. The molecule has 0 radical (unpaired) electrons. The summed E-state index contributed by atoms with van der Waals surface area (Å²) in [5.74, 6) is -2.32. The minimum atomic E-state index is -0.980. The van der Waals surface area contributed by atoms with Crippen LogP contribution in [0.25, 0.3) is 6.08 Å². The molecule has 4 nitrogen and oxygen atoms in total. The van der Waals surface area contributed by atoms with Crippen LogP contribution in [0.5, 0.6) is 0 Å². The van der Waals surface area contributed by atoms with E-state index in [0.29, 0.717) is 6.42 Å². The quantitative estimate of drug-likeness (QED) is 0.624. The van der Waals surface area contributed by atoms with Gasteiger partial charge in [0.25, 0.3) is 0 Å². The molecule has 0 aliphatic rings. The van der Waals surface area contributed by atoms with Gasteiger partial charge in [0.15, 0.2) is 0 Å². The van der Waals surface area contributed by atoms with Gasteiger partial charge in [0.05, 0.1) is 5.92 Å². The Morgan fingerprint density at radius 2 is 1.62 bits per heavy atom. The summed E-state index contributed by atoms with van der Waals surface area (Å²) < 4.78 is 5.26. The van der Waals surface area contributed by atoms with Crippen LogP contribution in [-0.4, -0.2) is 23.1 Å². The van der Waals surface area contributed by atoms with Gasteiger partial charge in [0.1, 0.15) is 6.10 Å². The van der Waals surface area contributed by atoms with Crippen LogP contribution in [0.3, 0.4) is 0 Å². The van der Waals surface area contributed by atoms with Crippen LogP contribution in [0.4, 0.5) is 0 Å². The molecular formula is C20H20O4. The minimum Gasteiger partial charge on any atom is -0.481 e. The zero-order valence-corrected chi connectivity index (χ0v) is 13.5. The second kappa shape index (κ2) is 8.67. The SMILES string of the molecule is CC(OC(=O)C=Cc1ccccc1)C(Cc1ccccc1)C(=O)O. The molecule has 0 aliphatic carbocycles. The third kappa shape index (κ3) is 5.39. The molecule has 4 heteroatoms. The Morgan fingerprint density at radius 3 is 2.21 bits per heavy atom. The van der Waals surface area contributed by atoms with Crippen LogP contribution in [0.2, 0.25) is 0 Å². The molecule has 1 N–H and O–H groups in total. The van der Waals surface area contributed by atoms with Crippen LogP contribution in [0.1, 0.15) is 18.1 Å². The van der Waals surface area contributed by atoms with Gasteiger partial charge < -0.3 is 9.84 Å². The minimum absolute atomic E-state index is 0.313.